The van der Waals surface area contributed by atoms with Crippen LogP contribution in [0.3, 0.4) is 0 Å². The van der Waals surface area contributed by atoms with E-state index >= 15 is 0 Å². The maximum atomic E-state index is 11.5. The third kappa shape index (κ3) is 1.70. The number of hydrogen-bond acceptors (Lipinski definition) is 4. The first-order chi connectivity index (χ1) is 7.50. The number of aryl methyl sites for hydroxylation is 1. The van der Waals surface area contributed by atoms with Crippen LogP contribution in [0, 0.1) is 6.92 Å². The van der Waals surface area contributed by atoms with Gasteiger partial charge in [0.2, 0.25) is 0 Å². The fourth-order valence-electron chi connectivity index (χ4n) is 2.08. The smallest absolute Gasteiger partial charge is 0.328 e. The van der Waals surface area contributed by atoms with Crippen LogP contribution in [0.2, 0.25) is 0 Å². The van der Waals surface area contributed by atoms with Crippen molar-refractivity contribution >= 4 is 0 Å². The molecule has 0 aliphatic heterocycles. The quantitative estimate of drug-likeness (QED) is 0.566. The van der Waals surface area contributed by atoms with Gasteiger partial charge in [-0.2, -0.15) is 0 Å². The number of hydrogen-bond donors (Lipinski definition) is 3. The molecule has 0 saturated heterocycles. The van der Waals surface area contributed by atoms with Crippen molar-refractivity contribution < 1.29 is 10.2 Å². The summed E-state index contributed by atoms with van der Waals surface area (Å²) in [4.78, 5) is 24.9. The standard InChI is InChI=1S/C10H14N2O4/c1-5-4-12(10(16)11-9(5)15)6-2-3-7(13)8(6)14/h4,6-8,13-14H,2-3H2,1H3,(H,11,15,16)/t6-,7-,8+/m1/s1. The molecule has 0 unspecified atom stereocenters. The molecule has 2 rings (SSSR count). The summed E-state index contributed by atoms with van der Waals surface area (Å²) in [6.07, 6.45) is 0.643. The van der Waals surface area contributed by atoms with Crippen molar-refractivity contribution in [2.75, 3.05) is 0 Å². The van der Waals surface area contributed by atoms with Crippen LogP contribution in [0.25, 0.3) is 0 Å². The molecule has 1 aliphatic carbocycles. The number of nitrogens with one attached hydrogen (secondary N) is 1. The molecule has 3 atom stereocenters. The average molecular weight is 226 g/mol. The van der Waals surface area contributed by atoms with Gasteiger partial charge in [-0.3, -0.25) is 14.3 Å². The zero-order valence-corrected chi connectivity index (χ0v) is 8.88. The van der Waals surface area contributed by atoms with Gasteiger partial charge in [0.1, 0.15) is 6.10 Å². The van der Waals surface area contributed by atoms with E-state index < -0.39 is 29.5 Å². The fraction of sp³-hybridized carbons (Fsp3) is 0.600. The molecule has 1 aliphatic rings. The van der Waals surface area contributed by atoms with Crippen molar-refractivity contribution in [3.05, 3.63) is 32.6 Å². The summed E-state index contributed by atoms with van der Waals surface area (Å²) in [6, 6.07) is -0.460. The Morgan fingerprint density at radius 3 is 2.62 bits per heavy atom. The van der Waals surface area contributed by atoms with Crippen LogP contribution >= 0.6 is 0 Å². The Kier molecular flexibility index (Phi) is 2.69. The highest BCUT2D eigenvalue weighted by Gasteiger charge is 2.35. The summed E-state index contributed by atoms with van der Waals surface area (Å²) < 4.78 is 1.29. The third-order valence-electron chi connectivity index (χ3n) is 3.05. The van der Waals surface area contributed by atoms with E-state index in [-0.39, 0.29) is 0 Å². The lowest BCUT2D eigenvalue weighted by Gasteiger charge is -2.18. The van der Waals surface area contributed by atoms with E-state index in [1.165, 1.54) is 10.8 Å². The Labute approximate surface area is 91.2 Å². The van der Waals surface area contributed by atoms with Gasteiger partial charge in [-0.1, -0.05) is 0 Å². The lowest BCUT2D eigenvalue weighted by Crippen LogP contribution is -2.37. The Bertz CT molecular complexity index is 504. The van der Waals surface area contributed by atoms with Crippen LogP contribution in [0.5, 0.6) is 0 Å². The zero-order valence-electron chi connectivity index (χ0n) is 8.88. The number of aliphatic hydroxyl groups is 2. The second-order valence-electron chi connectivity index (χ2n) is 4.18. The van der Waals surface area contributed by atoms with E-state index in [2.05, 4.69) is 4.98 Å². The second kappa shape index (κ2) is 3.88. The summed E-state index contributed by atoms with van der Waals surface area (Å²) in [7, 11) is 0. The molecule has 6 heteroatoms. The lowest BCUT2D eigenvalue weighted by atomic mass is 10.2. The maximum absolute atomic E-state index is 11.5. The van der Waals surface area contributed by atoms with Crippen molar-refractivity contribution in [2.24, 2.45) is 0 Å². The molecule has 1 fully saturated rings. The van der Waals surface area contributed by atoms with E-state index in [1.807, 2.05) is 0 Å². The summed E-state index contributed by atoms with van der Waals surface area (Å²) in [5.41, 5.74) is -0.559. The van der Waals surface area contributed by atoms with Crippen LogP contribution in [-0.4, -0.2) is 32.0 Å². The van der Waals surface area contributed by atoms with Gasteiger partial charge in [-0.15, -0.1) is 0 Å². The van der Waals surface area contributed by atoms with Gasteiger partial charge >= 0.3 is 5.69 Å². The van der Waals surface area contributed by atoms with Crippen molar-refractivity contribution in [2.45, 2.75) is 38.0 Å². The molecule has 0 bridgehead atoms. The number of aliphatic hydroxyl groups excluding tert-OH is 2. The second-order valence-corrected chi connectivity index (χ2v) is 4.18. The van der Waals surface area contributed by atoms with Gasteiger partial charge in [0.25, 0.3) is 5.56 Å². The van der Waals surface area contributed by atoms with Gasteiger partial charge in [0.15, 0.2) is 0 Å². The van der Waals surface area contributed by atoms with E-state index in [1.54, 1.807) is 6.92 Å². The van der Waals surface area contributed by atoms with Crippen LogP contribution in [0.1, 0.15) is 24.4 Å². The van der Waals surface area contributed by atoms with E-state index in [0.717, 1.165) is 0 Å². The van der Waals surface area contributed by atoms with E-state index in [4.69, 9.17) is 0 Å². The van der Waals surface area contributed by atoms with Crippen LogP contribution in [0.15, 0.2) is 15.8 Å². The highest BCUT2D eigenvalue weighted by molar-refractivity contribution is 5.03. The summed E-state index contributed by atoms with van der Waals surface area (Å²) in [6.45, 7) is 1.59. The molecule has 1 aromatic heterocycles. The largest absolute Gasteiger partial charge is 0.390 e. The summed E-state index contributed by atoms with van der Waals surface area (Å²) >= 11 is 0. The molecular weight excluding hydrogens is 212 g/mol. The van der Waals surface area contributed by atoms with Crippen molar-refractivity contribution in [3.63, 3.8) is 0 Å². The first-order valence-corrected chi connectivity index (χ1v) is 5.19. The van der Waals surface area contributed by atoms with Crippen molar-refractivity contribution in [3.8, 4) is 0 Å². The van der Waals surface area contributed by atoms with Crippen molar-refractivity contribution in [1.29, 1.82) is 0 Å². The Morgan fingerprint density at radius 1 is 1.38 bits per heavy atom. The maximum Gasteiger partial charge on any atom is 0.328 e. The van der Waals surface area contributed by atoms with Crippen LogP contribution < -0.4 is 11.2 Å². The minimum atomic E-state index is -0.956. The molecule has 6 nitrogen and oxygen atoms in total. The number of aromatic amines is 1. The fourth-order valence-corrected chi connectivity index (χ4v) is 2.08. The number of rotatable bonds is 1. The molecular formula is C10H14N2O4. The molecule has 16 heavy (non-hydrogen) atoms. The number of H-pyrrole nitrogens is 1. The Hall–Kier alpha value is -1.40. The third-order valence-corrected chi connectivity index (χ3v) is 3.05. The minimum absolute atomic E-state index is 0.410. The molecule has 1 aromatic rings. The van der Waals surface area contributed by atoms with Gasteiger partial charge in [0.05, 0.1) is 12.1 Å². The first-order valence-electron chi connectivity index (χ1n) is 5.19. The normalized spacial score (nSPS) is 29.6. The monoisotopic (exact) mass is 226 g/mol. The zero-order chi connectivity index (χ0) is 11.9. The van der Waals surface area contributed by atoms with E-state index in [9.17, 15) is 19.8 Å². The molecule has 88 valence electrons. The van der Waals surface area contributed by atoms with Crippen LogP contribution in [-0.2, 0) is 0 Å². The van der Waals surface area contributed by atoms with Crippen molar-refractivity contribution in [1.82, 2.24) is 9.55 Å². The molecule has 3 N–H and O–H groups in total. The van der Waals surface area contributed by atoms with E-state index in [0.29, 0.717) is 18.4 Å². The summed E-state index contributed by atoms with van der Waals surface area (Å²) in [5, 5.41) is 19.1. The number of aromatic nitrogens is 2. The predicted octanol–water partition coefficient (Wildman–Crippen LogP) is -1.10. The summed E-state index contributed by atoms with van der Waals surface area (Å²) in [5.74, 6) is 0. The van der Waals surface area contributed by atoms with Gasteiger partial charge in [-0.05, 0) is 19.8 Å². The number of nitrogens with zero attached hydrogens (tertiary/aromatic N) is 1. The minimum Gasteiger partial charge on any atom is -0.390 e. The van der Waals surface area contributed by atoms with Gasteiger partial charge in [-0.25, -0.2) is 4.79 Å². The first kappa shape index (κ1) is 11.1. The molecule has 0 aromatic carbocycles. The van der Waals surface area contributed by atoms with Gasteiger partial charge < -0.3 is 10.2 Å². The van der Waals surface area contributed by atoms with Crippen LogP contribution in [0.4, 0.5) is 0 Å². The van der Waals surface area contributed by atoms with Gasteiger partial charge in [0, 0.05) is 11.8 Å². The predicted molar refractivity (Wildman–Crippen MR) is 56.3 cm³/mol. The lowest BCUT2D eigenvalue weighted by molar-refractivity contribution is 0.0225. The highest BCUT2D eigenvalue weighted by atomic mass is 16.3. The molecule has 0 amide bonds. The molecule has 0 spiro atoms. The Balaban J connectivity index is 2.45. The molecule has 1 saturated carbocycles. The Morgan fingerprint density at radius 2 is 2.06 bits per heavy atom. The topological polar surface area (TPSA) is 95.3 Å². The highest BCUT2D eigenvalue weighted by Crippen LogP contribution is 2.29. The molecule has 0 radical (unpaired) electrons. The average Bonchev–Trinajstić information content (AvgIpc) is 2.54. The molecule has 1 heterocycles. The SMILES string of the molecule is Cc1cn([C@@H]2CC[C@@H](O)[C@H]2O)c(=O)[nH]c1=O.